The van der Waals surface area contributed by atoms with E-state index in [0.29, 0.717) is 5.92 Å². The number of carbonyl (C=O) groups excluding carboxylic acids is 1. The normalized spacial score (nSPS) is 18.6. The van der Waals surface area contributed by atoms with E-state index in [1.807, 2.05) is 20.8 Å². The highest BCUT2D eigenvalue weighted by Crippen LogP contribution is 2.20. The predicted molar refractivity (Wildman–Crippen MR) is 99.1 cm³/mol. The molecule has 2 rings (SSSR count). The molecule has 1 aliphatic heterocycles. The van der Waals surface area contributed by atoms with Crippen molar-refractivity contribution in [1.82, 2.24) is 15.5 Å². The second kappa shape index (κ2) is 8.18. The third-order valence-corrected chi connectivity index (χ3v) is 4.09. The van der Waals surface area contributed by atoms with E-state index in [1.165, 1.54) is 5.56 Å². The molecule has 132 valence electrons. The summed E-state index contributed by atoms with van der Waals surface area (Å²) in [7, 11) is 1.77. The van der Waals surface area contributed by atoms with Gasteiger partial charge in [-0.2, -0.15) is 0 Å². The maximum Gasteiger partial charge on any atom is 0.239 e. The van der Waals surface area contributed by atoms with Crippen LogP contribution in [0.4, 0.5) is 0 Å². The zero-order valence-corrected chi connectivity index (χ0v) is 15.3. The van der Waals surface area contributed by atoms with Gasteiger partial charge in [-0.25, -0.2) is 0 Å². The number of carbonyl (C=O) groups is 1. The van der Waals surface area contributed by atoms with Crippen molar-refractivity contribution in [3.8, 4) is 0 Å². The van der Waals surface area contributed by atoms with Crippen LogP contribution < -0.4 is 10.6 Å². The fraction of sp³-hybridized carbons (Fsp3) is 0.579. The van der Waals surface area contributed by atoms with Gasteiger partial charge in [-0.3, -0.25) is 9.79 Å². The summed E-state index contributed by atoms with van der Waals surface area (Å²) in [5, 5.41) is 6.14. The molecule has 1 atom stereocenters. The maximum atomic E-state index is 12.0. The molecule has 2 N–H and O–H groups in total. The van der Waals surface area contributed by atoms with Crippen LogP contribution in [0, 0.1) is 5.92 Å². The molecule has 1 aromatic rings. The molecule has 1 saturated heterocycles. The van der Waals surface area contributed by atoms with E-state index in [9.17, 15) is 4.79 Å². The summed E-state index contributed by atoms with van der Waals surface area (Å²) in [6, 6.07) is 10.6. The van der Waals surface area contributed by atoms with Crippen molar-refractivity contribution < 1.29 is 4.79 Å². The van der Waals surface area contributed by atoms with E-state index in [-0.39, 0.29) is 18.0 Å². The lowest BCUT2D eigenvalue weighted by molar-refractivity contribution is -0.121. The Hall–Kier alpha value is -2.04. The molecule has 1 aromatic carbocycles. The Morgan fingerprint density at radius 3 is 2.62 bits per heavy atom. The molecule has 5 heteroatoms. The number of hydrogen-bond acceptors (Lipinski definition) is 2. The van der Waals surface area contributed by atoms with Gasteiger partial charge in [0.15, 0.2) is 5.96 Å². The number of nitrogens with zero attached hydrogens (tertiary/aromatic N) is 2. The summed E-state index contributed by atoms with van der Waals surface area (Å²) >= 11 is 0. The van der Waals surface area contributed by atoms with E-state index in [2.05, 4.69) is 50.9 Å². The van der Waals surface area contributed by atoms with Crippen LogP contribution in [-0.2, 0) is 11.2 Å². The van der Waals surface area contributed by atoms with Gasteiger partial charge in [0, 0.05) is 25.7 Å². The van der Waals surface area contributed by atoms with Gasteiger partial charge < -0.3 is 15.5 Å². The van der Waals surface area contributed by atoms with Crippen molar-refractivity contribution in [2.24, 2.45) is 10.9 Å². The minimum atomic E-state index is -0.212. The van der Waals surface area contributed by atoms with Crippen molar-refractivity contribution in [1.29, 1.82) is 0 Å². The Balaban J connectivity index is 1.81. The average Bonchev–Trinajstić information content (AvgIpc) is 2.95. The Bertz CT molecular complexity index is 562. The lowest BCUT2D eigenvalue weighted by Gasteiger charge is -2.24. The fourth-order valence-corrected chi connectivity index (χ4v) is 3.09. The monoisotopic (exact) mass is 330 g/mol. The zero-order chi connectivity index (χ0) is 17.6. The number of likely N-dealkylation sites (tertiary alicyclic amines) is 1. The lowest BCUT2D eigenvalue weighted by atomic mass is 9.99. The molecule has 0 aromatic heterocycles. The summed E-state index contributed by atoms with van der Waals surface area (Å²) in [6.45, 7) is 8.16. The Morgan fingerprint density at radius 1 is 1.29 bits per heavy atom. The molecular formula is C19H30N4O. The minimum absolute atomic E-state index is 0.0105. The first-order chi connectivity index (χ1) is 11.4. The summed E-state index contributed by atoms with van der Waals surface area (Å²) in [6.07, 6.45) is 2.25. The van der Waals surface area contributed by atoms with Gasteiger partial charge in [0.1, 0.15) is 0 Å². The molecule has 0 bridgehead atoms. The topological polar surface area (TPSA) is 56.7 Å². The molecule has 1 unspecified atom stereocenters. The van der Waals surface area contributed by atoms with Crippen molar-refractivity contribution in [2.45, 2.75) is 39.2 Å². The minimum Gasteiger partial charge on any atom is -0.350 e. The van der Waals surface area contributed by atoms with Crippen LogP contribution in [-0.4, -0.2) is 49.0 Å². The average molecular weight is 330 g/mol. The molecule has 1 heterocycles. The number of hydrogen-bond donors (Lipinski definition) is 2. The number of amides is 1. The van der Waals surface area contributed by atoms with E-state index in [0.717, 1.165) is 31.9 Å². The van der Waals surface area contributed by atoms with Crippen LogP contribution in [0.1, 0.15) is 32.8 Å². The molecule has 1 amide bonds. The maximum absolute atomic E-state index is 12.0. The quantitative estimate of drug-likeness (QED) is 0.656. The molecule has 1 aliphatic rings. The van der Waals surface area contributed by atoms with Gasteiger partial charge in [0.05, 0.1) is 6.54 Å². The number of rotatable bonds is 4. The highest BCUT2D eigenvalue weighted by molar-refractivity contribution is 5.86. The second-order valence-electron chi connectivity index (χ2n) is 7.49. The van der Waals surface area contributed by atoms with Crippen LogP contribution in [0.3, 0.4) is 0 Å². The van der Waals surface area contributed by atoms with Crippen molar-refractivity contribution in [3.63, 3.8) is 0 Å². The molecule has 1 fully saturated rings. The van der Waals surface area contributed by atoms with Crippen LogP contribution in [0.25, 0.3) is 0 Å². The fourth-order valence-electron chi connectivity index (χ4n) is 3.09. The predicted octanol–water partition coefficient (Wildman–Crippen LogP) is 2.04. The SMILES string of the molecule is CN=C(NCC(=O)NC(C)(C)C)N1CCC(Cc2ccccc2)C1. The third kappa shape index (κ3) is 5.87. The number of aliphatic imine (C=N–C) groups is 1. The highest BCUT2D eigenvalue weighted by Gasteiger charge is 2.25. The van der Waals surface area contributed by atoms with Crippen molar-refractivity contribution in [3.05, 3.63) is 35.9 Å². The smallest absolute Gasteiger partial charge is 0.239 e. The van der Waals surface area contributed by atoms with E-state index >= 15 is 0 Å². The molecule has 0 spiro atoms. The number of benzene rings is 1. The van der Waals surface area contributed by atoms with Crippen LogP contribution in [0.5, 0.6) is 0 Å². The van der Waals surface area contributed by atoms with Crippen LogP contribution >= 0.6 is 0 Å². The van der Waals surface area contributed by atoms with Crippen molar-refractivity contribution in [2.75, 3.05) is 26.7 Å². The molecule has 0 radical (unpaired) electrons. The molecule has 0 aliphatic carbocycles. The second-order valence-corrected chi connectivity index (χ2v) is 7.49. The van der Waals surface area contributed by atoms with Gasteiger partial charge in [-0.15, -0.1) is 0 Å². The van der Waals surface area contributed by atoms with Crippen molar-refractivity contribution >= 4 is 11.9 Å². The first-order valence-corrected chi connectivity index (χ1v) is 8.68. The van der Waals surface area contributed by atoms with Gasteiger partial charge in [0.25, 0.3) is 0 Å². The highest BCUT2D eigenvalue weighted by atomic mass is 16.2. The van der Waals surface area contributed by atoms with Gasteiger partial charge in [-0.05, 0) is 45.1 Å². The third-order valence-electron chi connectivity index (χ3n) is 4.09. The van der Waals surface area contributed by atoms with E-state index in [4.69, 9.17) is 0 Å². The summed E-state index contributed by atoms with van der Waals surface area (Å²) in [5.41, 5.74) is 1.17. The first kappa shape index (κ1) is 18.3. The van der Waals surface area contributed by atoms with Gasteiger partial charge >= 0.3 is 0 Å². The Labute approximate surface area is 145 Å². The molecule has 0 saturated carbocycles. The molecular weight excluding hydrogens is 300 g/mol. The zero-order valence-electron chi connectivity index (χ0n) is 15.3. The first-order valence-electron chi connectivity index (χ1n) is 8.68. The number of guanidine groups is 1. The molecule has 5 nitrogen and oxygen atoms in total. The lowest BCUT2D eigenvalue weighted by Crippen LogP contribution is -2.48. The standard InChI is InChI=1S/C19H30N4O/c1-19(2,3)22-17(24)13-21-18(20-4)23-11-10-16(14-23)12-15-8-6-5-7-9-15/h5-9,16H,10-14H2,1-4H3,(H,20,21)(H,22,24). The Morgan fingerprint density at radius 2 is 2.00 bits per heavy atom. The molecule has 24 heavy (non-hydrogen) atoms. The largest absolute Gasteiger partial charge is 0.350 e. The van der Waals surface area contributed by atoms with Gasteiger partial charge in [0.2, 0.25) is 5.91 Å². The van der Waals surface area contributed by atoms with Crippen LogP contribution in [0.2, 0.25) is 0 Å². The van der Waals surface area contributed by atoms with Crippen LogP contribution in [0.15, 0.2) is 35.3 Å². The van der Waals surface area contributed by atoms with Gasteiger partial charge in [-0.1, -0.05) is 30.3 Å². The Kier molecular flexibility index (Phi) is 6.23. The van der Waals surface area contributed by atoms with E-state index < -0.39 is 0 Å². The van der Waals surface area contributed by atoms with E-state index in [1.54, 1.807) is 7.05 Å². The summed E-state index contributed by atoms with van der Waals surface area (Å²) < 4.78 is 0. The summed E-state index contributed by atoms with van der Waals surface area (Å²) in [4.78, 5) is 18.5. The summed E-state index contributed by atoms with van der Waals surface area (Å²) in [5.74, 6) is 1.44. The number of nitrogens with one attached hydrogen (secondary N) is 2.